The Hall–Kier alpha value is -1.20. The Bertz CT molecular complexity index is 470. The van der Waals surface area contributed by atoms with Crippen molar-refractivity contribution in [3.8, 4) is 0 Å². The SMILES string of the molecule is CSc1cc(C)ccc1CN=C(N)NCC1CCCO1. The smallest absolute Gasteiger partial charge is 0.189 e. The molecule has 1 saturated heterocycles. The molecule has 4 nitrogen and oxygen atoms in total. The summed E-state index contributed by atoms with van der Waals surface area (Å²) in [5, 5.41) is 3.14. The van der Waals surface area contributed by atoms with Crippen LogP contribution in [0.5, 0.6) is 0 Å². The van der Waals surface area contributed by atoms with Crippen LogP contribution in [-0.4, -0.2) is 31.5 Å². The molecule has 0 saturated carbocycles. The maximum atomic E-state index is 5.90. The summed E-state index contributed by atoms with van der Waals surface area (Å²) in [6.07, 6.45) is 4.62. The van der Waals surface area contributed by atoms with Crippen molar-refractivity contribution in [2.75, 3.05) is 19.4 Å². The Labute approximate surface area is 125 Å². The van der Waals surface area contributed by atoms with Crippen LogP contribution >= 0.6 is 11.8 Å². The molecule has 5 heteroatoms. The van der Waals surface area contributed by atoms with Crippen molar-refractivity contribution < 1.29 is 4.74 Å². The first-order valence-corrected chi connectivity index (χ1v) is 8.20. The molecule has 3 N–H and O–H groups in total. The second kappa shape index (κ2) is 7.55. The largest absolute Gasteiger partial charge is 0.376 e. The van der Waals surface area contributed by atoms with Gasteiger partial charge in [0, 0.05) is 18.0 Å². The lowest BCUT2D eigenvalue weighted by Crippen LogP contribution is -2.37. The Kier molecular flexibility index (Phi) is 5.73. The minimum absolute atomic E-state index is 0.282. The summed E-state index contributed by atoms with van der Waals surface area (Å²) in [5.41, 5.74) is 8.38. The highest BCUT2D eigenvalue weighted by atomic mass is 32.2. The molecule has 110 valence electrons. The van der Waals surface area contributed by atoms with Crippen molar-refractivity contribution in [3.05, 3.63) is 29.3 Å². The molecule has 1 aliphatic rings. The van der Waals surface area contributed by atoms with Gasteiger partial charge in [-0.3, -0.25) is 0 Å². The van der Waals surface area contributed by atoms with Crippen LogP contribution in [0.25, 0.3) is 0 Å². The normalized spacial score (nSPS) is 19.3. The summed E-state index contributed by atoms with van der Waals surface area (Å²) >= 11 is 1.74. The first kappa shape index (κ1) is 15.2. The van der Waals surface area contributed by atoms with Crippen LogP contribution in [0, 0.1) is 6.92 Å². The van der Waals surface area contributed by atoms with E-state index in [4.69, 9.17) is 10.5 Å². The molecule has 1 aliphatic heterocycles. The van der Waals surface area contributed by atoms with Gasteiger partial charge >= 0.3 is 0 Å². The Morgan fingerprint density at radius 2 is 2.40 bits per heavy atom. The average molecular weight is 293 g/mol. The van der Waals surface area contributed by atoms with Crippen molar-refractivity contribution in [1.82, 2.24) is 5.32 Å². The zero-order valence-corrected chi connectivity index (χ0v) is 13.0. The van der Waals surface area contributed by atoms with Crippen molar-refractivity contribution >= 4 is 17.7 Å². The molecule has 1 aromatic carbocycles. The van der Waals surface area contributed by atoms with E-state index in [1.807, 2.05) is 0 Å². The van der Waals surface area contributed by atoms with Crippen LogP contribution in [0.3, 0.4) is 0 Å². The summed E-state index contributed by atoms with van der Waals surface area (Å²) in [7, 11) is 0. The van der Waals surface area contributed by atoms with Crippen molar-refractivity contribution in [2.24, 2.45) is 10.7 Å². The molecule has 1 unspecified atom stereocenters. The number of thioether (sulfide) groups is 1. The summed E-state index contributed by atoms with van der Waals surface area (Å²) in [4.78, 5) is 5.67. The number of nitrogens with zero attached hydrogens (tertiary/aromatic N) is 1. The summed E-state index contributed by atoms with van der Waals surface area (Å²) in [5.74, 6) is 0.494. The predicted octanol–water partition coefficient (Wildman–Crippen LogP) is 2.30. The molecule has 1 fully saturated rings. The molecule has 1 heterocycles. The first-order chi connectivity index (χ1) is 9.69. The summed E-state index contributed by atoms with van der Waals surface area (Å²) in [6, 6.07) is 6.42. The molecule has 0 amide bonds. The molecule has 0 spiro atoms. The number of aryl methyl sites for hydroxylation is 1. The topological polar surface area (TPSA) is 59.6 Å². The van der Waals surface area contributed by atoms with Crippen molar-refractivity contribution in [3.63, 3.8) is 0 Å². The highest BCUT2D eigenvalue weighted by Gasteiger charge is 2.14. The number of ether oxygens (including phenoxy) is 1. The number of benzene rings is 1. The molecule has 0 bridgehead atoms. The maximum absolute atomic E-state index is 5.90. The number of rotatable bonds is 5. The van der Waals surface area contributed by atoms with Gasteiger partial charge < -0.3 is 15.8 Å². The van der Waals surface area contributed by atoms with Crippen LogP contribution in [0.2, 0.25) is 0 Å². The number of aliphatic imine (C=N–C) groups is 1. The van der Waals surface area contributed by atoms with Gasteiger partial charge in [-0.15, -0.1) is 11.8 Å². The first-order valence-electron chi connectivity index (χ1n) is 6.98. The fraction of sp³-hybridized carbons (Fsp3) is 0.533. The zero-order valence-electron chi connectivity index (χ0n) is 12.2. The highest BCUT2D eigenvalue weighted by molar-refractivity contribution is 7.98. The van der Waals surface area contributed by atoms with Crippen molar-refractivity contribution in [2.45, 2.75) is 37.3 Å². The van der Waals surface area contributed by atoms with E-state index in [1.165, 1.54) is 16.0 Å². The van der Waals surface area contributed by atoms with Gasteiger partial charge in [-0.05, 0) is 43.2 Å². The monoisotopic (exact) mass is 293 g/mol. The molecule has 1 atom stereocenters. The number of hydrogen-bond acceptors (Lipinski definition) is 3. The quantitative estimate of drug-likeness (QED) is 0.497. The van der Waals surface area contributed by atoms with Crippen LogP contribution in [0.15, 0.2) is 28.1 Å². The molecule has 20 heavy (non-hydrogen) atoms. The summed E-state index contributed by atoms with van der Waals surface area (Å²) in [6.45, 7) is 4.33. The van der Waals surface area contributed by atoms with E-state index < -0.39 is 0 Å². The van der Waals surface area contributed by atoms with E-state index in [1.54, 1.807) is 11.8 Å². The molecule has 0 radical (unpaired) electrons. The molecular weight excluding hydrogens is 270 g/mol. The maximum Gasteiger partial charge on any atom is 0.189 e. The van der Waals surface area contributed by atoms with E-state index in [2.05, 4.69) is 41.7 Å². The third-order valence-corrected chi connectivity index (χ3v) is 4.22. The second-order valence-corrected chi connectivity index (χ2v) is 5.88. The van der Waals surface area contributed by atoms with E-state index >= 15 is 0 Å². The Balaban J connectivity index is 1.87. The molecule has 0 aromatic heterocycles. The second-order valence-electron chi connectivity index (χ2n) is 5.03. The Morgan fingerprint density at radius 3 is 3.10 bits per heavy atom. The van der Waals surface area contributed by atoms with Gasteiger partial charge in [0.2, 0.25) is 0 Å². The van der Waals surface area contributed by atoms with E-state index in [9.17, 15) is 0 Å². The van der Waals surface area contributed by atoms with Crippen LogP contribution in [-0.2, 0) is 11.3 Å². The lowest BCUT2D eigenvalue weighted by molar-refractivity contribution is 0.114. The van der Waals surface area contributed by atoms with Gasteiger partial charge in [-0.25, -0.2) is 4.99 Å². The molecule has 2 rings (SSSR count). The molecule has 1 aromatic rings. The zero-order chi connectivity index (χ0) is 14.4. The standard InChI is InChI=1S/C15H23N3OS/c1-11-5-6-12(14(8-11)20-2)9-17-15(16)18-10-13-4-3-7-19-13/h5-6,8,13H,3-4,7,9-10H2,1-2H3,(H3,16,17,18). The minimum atomic E-state index is 0.282. The lowest BCUT2D eigenvalue weighted by Gasteiger charge is -2.11. The van der Waals surface area contributed by atoms with Crippen LogP contribution in [0.1, 0.15) is 24.0 Å². The average Bonchev–Trinajstić information content (AvgIpc) is 2.97. The minimum Gasteiger partial charge on any atom is -0.376 e. The van der Waals surface area contributed by atoms with Gasteiger partial charge in [0.25, 0.3) is 0 Å². The number of guanidine groups is 1. The summed E-state index contributed by atoms with van der Waals surface area (Å²) < 4.78 is 5.54. The fourth-order valence-electron chi connectivity index (χ4n) is 2.23. The van der Waals surface area contributed by atoms with E-state index in [-0.39, 0.29) is 6.10 Å². The van der Waals surface area contributed by atoms with Gasteiger partial charge in [-0.1, -0.05) is 12.1 Å². The number of nitrogens with one attached hydrogen (secondary N) is 1. The number of hydrogen-bond donors (Lipinski definition) is 2. The fourth-order valence-corrected chi connectivity index (χ4v) is 2.93. The van der Waals surface area contributed by atoms with Gasteiger partial charge in [0.1, 0.15) is 0 Å². The third kappa shape index (κ3) is 4.42. The number of nitrogens with two attached hydrogens (primary N) is 1. The molecule has 0 aliphatic carbocycles. The molecular formula is C15H23N3OS. The highest BCUT2D eigenvalue weighted by Crippen LogP contribution is 2.22. The van der Waals surface area contributed by atoms with E-state index in [0.717, 1.165) is 26.0 Å². The van der Waals surface area contributed by atoms with Crippen LogP contribution < -0.4 is 11.1 Å². The predicted molar refractivity (Wildman–Crippen MR) is 85.3 cm³/mol. The van der Waals surface area contributed by atoms with Gasteiger partial charge in [-0.2, -0.15) is 0 Å². The Morgan fingerprint density at radius 1 is 1.55 bits per heavy atom. The van der Waals surface area contributed by atoms with Gasteiger partial charge in [0.05, 0.1) is 12.6 Å². The van der Waals surface area contributed by atoms with Crippen molar-refractivity contribution in [1.29, 1.82) is 0 Å². The van der Waals surface area contributed by atoms with E-state index in [0.29, 0.717) is 12.5 Å². The lowest BCUT2D eigenvalue weighted by atomic mass is 10.1. The van der Waals surface area contributed by atoms with Gasteiger partial charge in [0.15, 0.2) is 5.96 Å². The third-order valence-electron chi connectivity index (χ3n) is 3.40. The van der Waals surface area contributed by atoms with Crippen LogP contribution in [0.4, 0.5) is 0 Å².